The van der Waals surface area contributed by atoms with Gasteiger partial charge in [-0.25, -0.2) is 9.59 Å². The van der Waals surface area contributed by atoms with Crippen LogP contribution in [0.1, 0.15) is 38.9 Å². The average molecular weight is 301 g/mol. The van der Waals surface area contributed by atoms with Crippen LogP contribution < -0.4 is 5.73 Å². The third-order valence-corrected chi connectivity index (χ3v) is 3.62. The van der Waals surface area contributed by atoms with E-state index in [-0.39, 0.29) is 17.2 Å². The largest absolute Gasteiger partial charge is 0.462 e. The molecule has 0 aromatic carbocycles. The summed E-state index contributed by atoms with van der Waals surface area (Å²) in [5.74, 6) is -1.01. The first kappa shape index (κ1) is 16.5. The average Bonchev–Trinajstić information content (AvgIpc) is 2.71. The summed E-state index contributed by atoms with van der Waals surface area (Å²) < 4.78 is 14.9. The Morgan fingerprint density at radius 3 is 2.40 bits per heavy atom. The molecule has 20 heavy (non-hydrogen) atoms. The second-order valence-corrected chi connectivity index (χ2v) is 5.11. The molecule has 0 spiro atoms. The van der Waals surface area contributed by atoms with E-state index in [0.29, 0.717) is 23.7 Å². The summed E-state index contributed by atoms with van der Waals surface area (Å²) in [4.78, 5) is 24.1. The van der Waals surface area contributed by atoms with Crippen LogP contribution in [0, 0.1) is 6.92 Å². The van der Waals surface area contributed by atoms with E-state index in [2.05, 4.69) is 0 Å². The van der Waals surface area contributed by atoms with Crippen LogP contribution >= 0.6 is 11.3 Å². The third-order valence-electron chi connectivity index (χ3n) is 2.52. The highest BCUT2D eigenvalue weighted by Gasteiger charge is 2.24. The van der Waals surface area contributed by atoms with Crippen LogP contribution in [0.2, 0.25) is 0 Å². The number of esters is 2. The molecule has 7 heteroatoms. The molecule has 0 bridgehead atoms. The summed E-state index contributed by atoms with van der Waals surface area (Å²) >= 11 is 1.03. The fraction of sp³-hybridized carbons (Fsp3) is 0.538. The zero-order valence-corrected chi connectivity index (χ0v) is 12.7. The summed E-state index contributed by atoms with van der Waals surface area (Å²) in [5, 5.41) is 0.266. The van der Waals surface area contributed by atoms with Crippen molar-refractivity contribution in [1.82, 2.24) is 0 Å². The zero-order chi connectivity index (χ0) is 15.1. The van der Waals surface area contributed by atoms with Gasteiger partial charge in [-0.15, -0.1) is 11.3 Å². The lowest BCUT2D eigenvalue weighted by atomic mass is 10.1. The van der Waals surface area contributed by atoms with Crippen molar-refractivity contribution in [3.05, 3.63) is 16.0 Å². The van der Waals surface area contributed by atoms with Crippen LogP contribution in [-0.4, -0.2) is 38.9 Å². The van der Waals surface area contributed by atoms with Crippen molar-refractivity contribution in [2.24, 2.45) is 0 Å². The molecule has 112 valence electrons. The molecule has 1 rings (SSSR count). The van der Waals surface area contributed by atoms with Crippen LogP contribution in [-0.2, 0) is 14.2 Å². The maximum absolute atomic E-state index is 11.9. The summed E-state index contributed by atoms with van der Waals surface area (Å²) in [6, 6.07) is 0. The van der Waals surface area contributed by atoms with Crippen molar-refractivity contribution < 1.29 is 23.8 Å². The minimum Gasteiger partial charge on any atom is -0.462 e. The molecule has 0 saturated carbocycles. The molecule has 0 aliphatic rings. The molecule has 1 aromatic rings. The minimum absolute atomic E-state index is 0.155. The molecular formula is C13H19NO5S. The first-order valence-corrected chi connectivity index (χ1v) is 7.06. The molecule has 2 N–H and O–H groups in total. The number of rotatable bonds is 7. The van der Waals surface area contributed by atoms with Crippen LogP contribution in [0.5, 0.6) is 0 Å². The Labute approximate surface area is 121 Å². The van der Waals surface area contributed by atoms with E-state index in [1.807, 2.05) is 6.92 Å². The van der Waals surface area contributed by atoms with Gasteiger partial charge >= 0.3 is 11.9 Å². The lowest BCUT2D eigenvalue weighted by Gasteiger charge is -2.04. The zero-order valence-electron chi connectivity index (χ0n) is 11.9. The van der Waals surface area contributed by atoms with Gasteiger partial charge in [0.05, 0.1) is 18.8 Å². The number of hydrogen-bond acceptors (Lipinski definition) is 7. The number of thiophene rings is 1. The number of carbonyl (C=O) groups is 2. The molecule has 0 atom stereocenters. The van der Waals surface area contributed by atoms with E-state index < -0.39 is 11.9 Å². The van der Waals surface area contributed by atoms with Crippen LogP contribution in [0.25, 0.3) is 0 Å². The smallest absolute Gasteiger partial charge is 0.348 e. The Bertz CT molecular complexity index is 483. The number of hydrogen-bond donors (Lipinski definition) is 1. The molecular weight excluding hydrogens is 282 g/mol. The van der Waals surface area contributed by atoms with E-state index in [9.17, 15) is 9.59 Å². The molecule has 0 amide bonds. The molecule has 0 fully saturated rings. The van der Waals surface area contributed by atoms with Gasteiger partial charge in [0.25, 0.3) is 0 Å². The SMILES string of the molecule is CCCOC(=O)c1c(N)sc(C(=O)OCCOC)c1C. The van der Waals surface area contributed by atoms with Gasteiger partial charge in [-0.2, -0.15) is 0 Å². The predicted octanol–water partition coefficient (Wildman–Crippen LogP) is 2.01. The summed E-state index contributed by atoms with van der Waals surface area (Å²) in [7, 11) is 1.52. The first-order valence-electron chi connectivity index (χ1n) is 6.24. The highest BCUT2D eigenvalue weighted by atomic mass is 32.1. The monoisotopic (exact) mass is 301 g/mol. The summed E-state index contributed by atoms with van der Waals surface area (Å²) in [6.07, 6.45) is 0.723. The van der Waals surface area contributed by atoms with Crippen molar-refractivity contribution in [2.75, 3.05) is 32.7 Å². The Hall–Kier alpha value is -1.60. The lowest BCUT2D eigenvalue weighted by Crippen LogP contribution is -2.11. The molecule has 0 aliphatic heterocycles. The van der Waals surface area contributed by atoms with E-state index in [1.54, 1.807) is 6.92 Å². The minimum atomic E-state index is -0.509. The van der Waals surface area contributed by atoms with E-state index in [1.165, 1.54) is 7.11 Å². The number of nitrogen functional groups attached to an aromatic ring is 1. The van der Waals surface area contributed by atoms with Crippen molar-refractivity contribution in [1.29, 1.82) is 0 Å². The Morgan fingerprint density at radius 1 is 1.15 bits per heavy atom. The third kappa shape index (κ3) is 3.94. The van der Waals surface area contributed by atoms with E-state index >= 15 is 0 Å². The van der Waals surface area contributed by atoms with Crippen molar-refractivity contribution >= 4 is 28.3 Å². The predicted molar refractivity (Wildman–Crippen MR) is 76.2 cm³/mol. The topological polar surface area (TPSA) is 87.9 Å². The van der Waals surface area contributed by atoms with Crippen molar-refractivity contribution in [2.45, 2.75) is 20.3 Å². The number of ether oxygens (including phenoxy) is 3. The Kier molecular flexibility index (Phi) is 6.47. The van der Waals surface area contributed by atoms with Crippen LogP contribution in [0.15, 0.2) is 0 Å². The molecule has 0 saturated heterocycles. The number of carbonyl (C=O) groups excluding carboxylic acids is 2. The van der Waals surface area contributed by atoms with Gasteiger partial charge in [-0.3, -0.25) is 0 Å². The summed E-state index contributed by atoms with van der Waals surface area (Å²) in [5.41, 5.74) is 6.54. The molecule has 0 unspecified atom stereocenters. The Balaban J connectivity index is 2.85. The van der Waals surface area contributed by atoms with Crippen LogP contribution in [0.3, 0.4) is 0 Å². The molecule has 0 aliphatic carbocycles. The maximum atomic E-state index is 11.9. The van der Waals surface area contributed by atoms with Crippen molar-refractivity contribution in [3.8, 4) is 0 Å². The fourth-order valence-corrected chi connectivity index (χ4v) is 2.49. The first-order chi connectivity index (χ1) is 9.52. The quantitative estimate of drug-likeness (QED) is 0.612. The van der Waals surface area contributed by atoms with E-state index in [4.69, 9.17) is 19.9 Å². The van der Waals surface area contributed by atoms with Crippen molar-refractivity contribution in [3.63, 3.8) is 0 Å². The lowest BCUT2D eigenvalue weighted by molar-refractivity contribution is 0.0393. The molecule has 1 heterocycles. The second-order valence-electron chi connectivity index (χ2n) is 4.06. The maximum Gasteiger partial charge on any atom is 0.348 e. The van der Waals surface area contributed by atoms with Crippen LogP contribution in [0.4, 0.5) is 5.00 Å². The second kappa shape index (κ2) is 7.86. The fourth-order valence-electron chi connectivity index (χ4n) is 1.53. The number of nitrogens with two attached hydrogens (primary N) is 1. The van der Waals surface area contributed by atoms with Gasteiger partial charge in [0.15, 0.2) is 0 Å². The number of methoxy groups -OCH3 is 1. The van der Waals surface area contributed by atoms with E-state index in [0.717, 1.165) is 17.8 Å². The highest BCUT2D eigenvalue weighted by Crippen LogP contribution is 2.31. The van der Waals surface area contributed by atoms with Gasteiger partial charge in [-0.1, -0.05) is 6.92 Å². The van der Waals surface area contributed by atoms with Gasteiger partial charge in [0.1, 0.15) is 16.5 Å². The number of anilines is 1. The normalized spacial score (nSPS) is 10.3. The van der Waals surface area contributed by atoms with Gasteiger partial charge in [0.2, 0.25) is 0 Å². The van der Waals surface area contributed by atoms with Gasteiger partial charge in [-0.05, 0) is 18.9 Å². The molecule has 1 aromatic heterocycles. The van der Waals surface area contributed by atoms with Gasteiger partial charge in [0, 0.05) is 7.11 Å². The Morgan fingerprint density at radius 2 is 1.80 bits per heavy atom. The molecule has 0 radical (unpaired) electrons. The highest BCUT2D eigenvalue weighted by molar-refractivity contribution is 7.18. The standard InChI is InChI=1S/C13H19NO5S/c1-4-5-18-12(15)9-8(2)10(20-11(9)14)13(16)19-7-6-17-3/h4-7,14H2,1-3H3. The molecule has 6 nitrogen and oxygen atoms in total. The van der Waals surface area contributed by atoms with Gasteiger partial charge < -0.3 is 19.9 Å². The summed E-state index contributed by atoms with van der Waals surface area (Å²) in [6.45, 7) is 4.35.